The molecule has 0 N–H and O–H groups in total. The van der Waals surface area contributed by atoms with E-state index in [1.165, 1.54) is 6.07 Å². The minimum atomic E-state index is -0.627. The summed E-state index contributed by atoms with van der Waals surface area (Å²) in [6.07, 6.45) is 0. The Hall–Kier alpha value is -2.31. The second-order valence-electron chi connectivity index (χ2n) is 3.88. The third-order valence-corrected chi connectivity index (χ3v) is 3.12. The van der Waals surface area contributed by atoms with Gasteiger partial charge in [0, 0.05) is 21.2 Å². The van der Waals surface area contributed by atoms with Crippen LogP contribution in [0.1, 0.15) is 5.56 Å². The molecule has 0 unspecified atom stereocenters. The molecule has 18 heavy (non-hydrogen) atoms. The van der Waals surface area contributed by atoms with Crippen molar-refractivity contribution in [3.05, 3.63) is 57.4 Å². The molecule has 1 heterocycles. The molecule has 0 aliphatic rings. The van der Waals surface area contributed by atoms with E-state index in [0.717, 1.165) is 10.8 Å². The second kappa shape index (κ2) is 3.86. The van der Waals surface area contributed by atoms with Gasteiger partial charge in [-0.15, -0.1) is 0 Å². The van der Waals surface area contributed by atoms with E-state index in [-0.39, 0.29) is 5.56 Å². The van der Waals surface area contributed by atoms with Gasteiger partial charge in [0.2, 0.25) is 0 Å². The first-order valence-electron chi connectivity index (χ1n) is 5.26. The fourth-order valence-corrected chi connectivity index (χ4v) is 2.27. The lowest BCUT2D eigenvalue weighted by molar-refractivity contribution is 0.561. The van der Waals surface area contributed by atoms with E-state index in [4.69, 9.17) is 21.3 Å². The maximum absolute atomic E-state index is 11.6. The van der Waals surface area contributed by atoms with Gasteiger partial charge in [0.1, 0.15) is 17.2 Å². The van der Waals surface area contributed by atoms with Crippen molar-refractivity contribution in [2.45, 2.75) is 0 Å². The van der Waals surface area contributed by atoms with Gasteiger partial charge in [-0.3, -0.25) is 0 Å². The predicted octanol–water partition coefficient (Wildman–Crippen LogP) is 3.47. The third-order valence-electron chi connectivity index (χ3n) is 2.81. The summed E-state index contributed by atoms with van der Waals surface area (Å²) in [6.45, 7) is 0. The van der Waals surface area contributed by atoms with E-state index in [1.54, 1.807) is 12.1 Å². The number of hydrogen-bond donors (Lipinski definition) is 0. The summed E-state index contributed by atoms with van der Waals surface area (Å²) in [6, 6.07) is 12.4. The first kappa shape index (κ1) is 10.8. The molecule has 86 valence electrons. The Morgan fingerprint density at radius 2 is 1.89 bits per heavy atom. The molecule has 3 rings (SSSR count). The SMILES string of the molecule is N#Cc1cc2cc(Cl)c3ccccc3c2oc1=O. The molecule has 2 aromatic carbocycles. The monoisotopic (exact) mass is 255 g/mol. The van der Waals surface area contributed by atoms with Gasteiger partial charge in [-0.1, -0.05) is 35.9 Å². The lowest BCUT2D eigenvalue weighted by atomic mass is 10.1. The molecule has 0 radical (unpaired) electrons. The summed E-state index contributed by atoms with van der Waals surface area (Å²) >= 11 is 6.17. The molecule has 3 nitrogen and oxygen atoms in total. The van der Waals surface area contributed by atoms with E-state index < -0.39 is 5.63 Å². The minimum absolute atomic E-state index is 0.0196. The number of nitrogens with zero attached hydrogens (tertiary/aromatic N) is 1. The summed E-state index contributed by atoms with van der Waals surface area (Å²) in [5, 5.41) is 11.6. The molecule has 0 saturated carbocycles. The van der Waals surface area contributed by atoms with E-state index in [9.17, 15) is 4.79 Å². The zero-order valence-electron chi connectivity index (χ0n) is 9.11. The quantitative estimate of drug-likeness (QED) is 0.456. The maximum atomic E-state index is 11.6. The Kier molecular flexibility index (Phi) is 2.32. The van der Waals surface area contributed by atoms with Crippen LogP contribution in [0.3, 0.4) is 0 Å². The van der Waals surface area contributed by atoms with Crippen LogP contribution in [0.2, 0.25) is 5.02 Å². The number of hydrogen-bond acceptors (Lipinski definition) is 3. The van der Waals surface area contributed by atoms with Crippen molar-refractivity contribution in [1.82, 2.24) is 0 Å². The number of benzene rings is 2. The summed E-state index contributed by atoms with van der Waals surface area (Å²) in [5.41, 5.74) is -0.190. The zero-order chi connectivity index (χ0) is 12.7. The standard InChI is InChI=1S/C14H6ClNO2/c15-12-6-8-5-9(7-16)14(17)18-13(8)11-4-2-1-3-10(11)12/h1-6H. The van der Waals surface area contributed by atoms with E-state index in [1.807, 2.05) is 24.3 Å². The Balaban J connectivity index is 2.60. The lowest BCUT2D eigenvalue weighted by Crippen LogP contribution is -2.03. The highest BCUT2D eigenvalue weighted by molar-refractivity contribution is 6.37. The van der Waals surface area contributed by atoms with E-state index in [0.29, 0.717) is 16.0 Å². The van der Waals surface area contributed by atoms with Crippen LogP contribution in [0.5, 0.6) is 0 Å². The van der Waals surface area contributed by atoms with Crippen LogP contribution in [0.25, 0.3) is 21.7 Å². The zero-order valence-corrected chi connectivity index (χ0v) is 9.86. The van der Waals surface area contributed by atoms with Crippen LogP contribution in [0.4, 0.5) is 0 Å². The average Bonchev–Trinajstić information content (AvgIpc) is 2.39. The summed E-state index contributed by atoms with van der Waals surface area (Å²) < 4.78 is 5.22. The third kappa shape index (κ3) is 1.47. The van der Waals surface area contributed by atoms with Crippen molar-refractivity contribution in [3.63, 3.8) is 0 Å². The highest BCUT2D eigenvalue weighted by Gasteiger charge is 2.10. The smallest absolute Gasteiger partial charge is 0.354 e. The maximum Gasteiger partial charge on any atom is 0.354 e. The van der Waals surface area contributed by atoms with Crippen LogP contribution >= 0.6 is 11.6 Å². The fourth-order valence-electron chi connectivity index (χ4n) is 1.99. The molecule has 0 fully saturated rings. The molecule has 0 atom stereocenters. The molecular weight excluding hydrogens is 250 g/mol. The molecular formula is C14H6ClNO2. The van der Waals surface area contributed by atoms with E-state index >= 15 is 0 Å². The van der Waals surface area contributed by atoms with E-state index in [2.05, 4.69) is 0 Å². The van der Waals surface area contributed by atoms with Gasteiger partial charge in [0.25, 0.3) is 0 Å². The highest BCUT2D eigenvalue weighted by atomic mass is 35.5. The van der Waals surface area contributed by atoms with Gasteiger partial charge in [0.15, 0.2) is 0 Å². The summed E-state index contributed by atoms with van der Waals surface area (Å²) in [5.74, 6) is 0. The first-order valence-corrected chi connectivity index (χ1v) is 5.63. The largest absolute Gasteiger partial charge is 0.421 e. The van der Waals surface area contributed by atoms with Crippen LogP contribution in [-0.4, -0.2) is 0 Å². The highest BCUT2D eigenvalue weighted by Crippen LogP contribution is 2.31. The molecule has 0 aliphatic heterocycles. The average molecular weight is 256 g/mol. The number of halogens is 1. The van der Waals surface area contributed by atoms with Crippen molar-refractivity contribution in [2.75, 3.05) is 0 Å². The molecule has 4 heteroatoms. The number of rotatable bonds is 0. The summed E-state index contributed by atoms with van der Waals surface area (Å²) in [4.78, 5) is 11.6. The van der Waals surface area contributed by atoms with Gasteiger partial charge in [-0.2, -0.15) is 5.26 Å². The van der Waals surface area contributed by atoms with Gasteiger partial charge in [0.05, 0.1) is 0 Å². The topological polar surface area (TPSA) is 54.0 Å². The minimum Gasteiger partial charge on any atom is -0.421 e. The summed E-state index contributed by atoms with van der Waals surface area (Å²) in [7, 11) is 0. The molecule has 0 bridgehead atoms. The first-order chi connectivity index (χ1) is 8.70. The molecule has 0 amide bonds. The molecule has 0 saturated heterocycles. The Morgan fingerprint density at radius 1 is 1.17 bits per heavy atom. The van der Waals surface area contributed by atoms with Gasteiger partial charge >= 0.3 is 5.63 Å². The van der Waals surface area contributed by atoms with Crippen molar-refractivity contribution >= 4 is 33.3 Å². The van der Waals surface area contributed by atoms with Crippen LogP contribution in [-0.2, 0) is 0 Å². The Labute approximate surface area is 107 Å². The van der Waals surface area contributed by atoms with Crippen LogP contribution in [0.15, 0.2) is 45.6 Å². The number of nitriles is 1. The predicted molar refractivity (Wildman–Crippen MR) is 69.7 cm³/mol. The normalized spacial score (nSPS) is 10.7. The van der Waals surface area contributed by atoms with Crippen molar-refractivity contribution < 1.29 is 4.42 Å². The molecule has 0 aliphatic carbocycles. The number of fused-ring (bicyclic) bond motifs is 3. The van der Waals surface area contributed by atoms with Gasteiger partial charge in [-0.25, -0.2) is 4.79 Å². The Bertz CT molecular complexity index is 874. The molecule has 1 aromatic heterocycles. The van der Waals surface area contributed by atoms with Gasteiger partial charge < -0.3 is 4.42 Å². The molecule has 0 spiro atoms. The van der Waals surface area contributed by atoms with Crippen LogP contribution < -0.4 is 5.63 Å². The van der Waals surface area contributed by atoms with Crippen molar-refractivity contribution in [2.24, 2.45) is 0 Å². The van der Waals surface area contributed by atoms with Crippen LogP contribution in [0, 0.1) is 11.3 Å². The van der Waals surface area contributed by atoms with Crippen molar-refractivity contribution in [3.8, 4) is 6.07 Å². The second-order valence-corrected chi connectivity index (χ2v) is 4.29. The Morgan fingerprint density at radius 3 is 2.61 bits per heavy atom. The fraction of sp³-hybridized carbons (Fsp3) is 0. The van der Waals surface area contributed by atoms with Gasteiger partial charge in [-0.05, 0) is 12.1 Å². The lowest BCUT2D eigenvalue weighted by Gasteiger charge is -2.04. The molecule has 3 aromatic rings. The van der Waals surface area contributed by atoms with Crippen molar-refractivity contribution in [1.29, 1.82) is 5.26 Å².